The summed E-state index contributed by atoms with van der Waals surface area (Å²) >= 11 is 0. The van der Waals surface area contributed by atoms with Crippen molar-refractivity contribution in [2.24, 2.45) is 11.7 Å². The lowest BCUT2D eigenvalue weighted by atomic mass is 9.94. The van der Waals surface area contributed by atoms with Gasteiger partial charge in [-0.05, 0) is 63.5 Å². The van der Waals surface area contributed by atoms with Gasteiger partial charge in [-0.1, -0.05) is 0 Å². The number of likely N-dealkylation sites (tertiary alicyclic amines) is 1. The van der Waals surface area contributed by atoms with E-state index in [1.165, 1.54) is 12.1 Å². The molecular weight excluding hydrogens is 234 g/mol. The second-order valence-electron chi connectivity index (χ2n) is 5.06. The van der Waals surface area contributed by atoms with E-state index in [0.29, 0.717) is 11.5 Å². The van der Waals surface area contributed by atoms with E-state index in [4.69, 9.17) is 5.73 Å². The lowest BCUT2D eigenvalue weighted by Gasteiger charge is -2.36. The zero-order valence-corrected chi connectivity index (χ0v) is 10.7. The van der Waals surface area contributed by atoms with E-state index < -0.39 is 0 Å². The van der Waals surface area contributed by atoms with Crippen LogP contribution in [0.1, 0.15) is 31.4 Å². The summed E-state index contributed by atoms with van der Waals surface area (Å²) in [6.45, 7) is 4.45. The molecule has 18 heavy (non-hydrogen) atoms. The molecule has 0 amide bonds. The number of hydrogen-bond donors (Lipinski definition) is 1. The van der Waals surface area contributed by atoms with E-state index in [-0.39, 0.29) is 17.7 Å². The van der Waals surface area contributed by atoms with Crippen molar-refractivity contribution in [2.75, 3.05) is 19.6 Å². The van der Waals surface area contributed by atoms with Gasteiger partial charge in [0.05, 0.1) is 0 Å². The minimum absolute atomic E-state index is 0.0839. The lowest BCUT2D eigenvalue weighted by molar-refractivity contribution is 0.141. The maximum absolute atomic E-state index is 13.7. The Labute approximate surface area is 107 Å². The van der Waals surface area contributed by atoms with E-state index in [1.54, 1.807) is 0 Å². The first-order valence-corrected chi connectivity index (χ1v) is 6.51. The molecule has 1 aromatic carbocycles. The van der Waals surface area contributed by atoms with E-state index in [2.05, 4.69) is 4.90 Å². The monoisotopic (exact) mass is 254 g/mol. The molecule has 1 aromatic rings. The van der Waals surface area contributed by atoms with Gasteiger partial charge < -0.3 is 5.73 Å². The number of benzene rings is 1. The average Bonchev–Trinajstić information content (AvgIpc) is 2.41. The molecule has 0 saturated carbocycles. The number of rotatable bonds is 3. The van der Waals surface area contributed by atoms with Crippen LogP contribution in [0.4, 0.5) is 8.78 Å². The van der Waals surface area contributed by atoms with Crippen molar-refractivity contribution >= 4 is 0 Å². The Morgan fingerprint density at radius 1 is 1.33 bits per heavy atom. The summed E-state index contributed by atoms with van der Waals surface area (Å²) in [5.41, 5.74) is 6.10. The van der Waals surface area contributed by atoms with E-state index >= 15 is 0 Å². The molecule has 2 N–H and O–H groups in total. The van der Waals surface area contributed by atoms with Crippen molar-refractivity contribution in [1.29, 1.82) is 0 Å². The summed E-state index contributed by atoms with van der Waals surface area (Å²) in [5.74, 6) is -0.134. The van der Waals surface area contributed by atoms with Crippen LogP contribution in [-0.2, 0) is 0 Å². The minimum atomic E-state index is -0.380. The molecule has 1 aliphatic heterocycles. The molecule has 1 aliphatic rings. The maximum atomic E-state index is 13.7. The van der Waals surface area contributed by atoms with Gasteiger partial charge in [-0.2, -0.15) is 0 Å². The lowest BCUT2D eigenvalue weighted by Crippen LogP contribution is -2.37. The fraction of sp³-hybridized carbons (Fsp3) is 0.571. The molecule has 100 valence electrons. The first kappa shape index (κ1) is 13.4. The van der Waals surface area contributed by atoms with Gasteiger partial charge in [-0.25, -0.2) is 8.78 Å². The summed E-state index contributed by atoms with van der Waals surface area (Å²) in [7, 11) is 0. The molecule has 0 radical (unpaired) electrons. The SMILES string of the molecule is CC(c1cc(F)ccc1F)N1CCC(CN)CC1. The topological polar surface area (TPSA) is 29.3 Å². The van der Waals surface area contributed by atoms with E-state index in [9.17, 15) is 8.78 Å². The molecule has 2 nitrogen and oxygen atoms in total. The van der Waals surface area contributed by atoms with Gasteiger partial charge in [-0.15, -0.1) is 0 Å². The van der Waals surface area contributed by atoms with Crippen LogP contribution in [0.15, 0.2) is 18.2 Å². The summed E-state index contributed by atoms with van der Waals surface area (Å²) in [5, 5.41) is 0. The molecule has 1 unspecified atom stereocenters. The molecule has 1 heterocycles. The Bertz CT molecular complexity index is 401. The number of halogens is 2. The molecular formula is C14H20F2N2. The van der Waals surface area contributed by atoms with Crippen molar-refractivity contribution in [3.8, 4) is 0 Å². The van der Waals surface area contributed by atoms with Gasteiger partial charge in [0.1, 0.15) is 11.6 Å². The van der Waals surface area contributed by atoms with Crippen molar-refractivity contribution in [3.05, 3.63) is 35.4 Å². The summed E-state index contributed by atoms with van der Waals surface area (Å²) in [6.07, 6.45) is 2.08. The highest BCUT2D eigenvalue weighted by atomic mass is 19.1. The summed E-state index contributed by atoms with van der Waals surface area (Å²) in [6, 6.07) is 3.58. The molecule has 1 atom stereocenters. The number of nitrogens with zero attached hydrogens (tertiary/aromatic N) is 1. The van der Waals surface area contributed by atoms with E-state index in [1.807, 2.05) is 6.92 Å². The first-order chi connectivity index (χ1) is 8.61. The molecule has 1 fully saturated rings. The second kappa shape index (κ2) is 5.76. The Morgan fingerprint density at radius 2 is 2.00 bits per heavy atom. The summed E-state index contributed by atoms with van der Waals surface area (Å²) in [4.78, 5) is 2.20. The van der Waals surface area contributed by atoms with Crippen LogP contribution in [0.5, 0.6) is 0 Å². The zero-order valence-electron chi connectivity index (χ0n) is 10.7. The van der Waals surface area contributed by atoms with Crippen molar-refractivity contribution < 1.29 is 8.78 Å². The van der Waals surface area contributed by atoms with Crippen LogP contribution < -0.4 is 5.73 Å². The molecule has 0 spiro atoms. The smallest absolute Gasteiger partial charge is 0.128 e. The Balaban J connectivity index is 2.07. The van der Waals surface area contributed by atoms with Gasteiger partial charge in [0.25, 0.3) is 0 Å². The van der Waals surface area contributed by atoms with Crippen LogP contribution in [-0.4, -0.2) is 24.5 Å². The molecule has 4 heteroatoms. The van der Waals surface area contributed by atoms with Crippen LogP contribution in [0.25, 0.3) is 0 Å². The number of piperidine rings is 1. The van der Waals surface area contributed by atoms with Gasteiger partial charge in [0.2, 0.25) is 0 Å². The van der Waals surface area contributed by atoms with Crippen molar-refractivity contribution in [3.63, 3.8) is 0 Å². The second-order valence-corrected chi connectivity index (χ2v) is 5.06. The van der Waals surface area contributed by atoms with Gasteiger partial charge >= 0.3 is 0 Å². The van der Waals surface area contributed by atoms with Crippen LogP contribution in [0.2, 0.25) is 0 Å². The Kier molecular flexibility index (Phi) is 4.30. The maximum Gasteiger partial charge on any atom is 0.128 e. The first-order valence-electron chi connectivity index (χ1n) is 6.51. The third-order valence-corrected chi connectivity index (χ3v) is 3.94. The third kappa shape index (κ3) is 2.87. The molecule has 2 rings (SSSR count). The molecule has 0 bridgehead atoms. The minimum Gasteiger partial charge on any atom is -0.330 e. The Morgan fingerprint density at radius 3 is 2.61 bits per heavy atom. The number of nitrogens with two attached hydrogens (primary N) is 1. The van der Waals surface area contributed by atoms with Crippen LogP contribution >= 0.6 is 0 Å². The summed E-state index contributed by atoms with van der Waals surface area (Å²) < 4.78 is 26.9. The molecule has 0 aliphatic carbocycles. The highest BCUT2D eigenvalue weighted by molar-refractivity contribution is 5.22. The van der Waals surface area contributed by atoms with Gasteiger partial charge in [0.15, 0.2) is 0 Å². The van der Waals surface area contributed by atoms with Gasteiger partial charge in [0, 0.05) is 11.6 Å². The zero-order chi connectivity index (χ0) is 13.1. The fourth-order valence-corrected chi connectivity index (χ4v) is 2.61. The largest absolute Gasteiger partial charge is 0.330 e. The van der Waals surface area contributed by atoms with Crippen LogP contribution in [0.3, 0.4) is 0 Å². The quantitative estimate of drug-likeness (QED) is 0.898. The van der Waals surface area contributed by atoms with E-state index in [0.717, 1.165) is 38.5 Å². The highest BCUT2D eigenvalue weighted by Crippen LogP contribution is 2.28. The van der Waals surface area contributed by atoms with Gasteiger partial charge in [-0.3, -0.25) is 4.90 Å². The van der Waals surface area contributed by atoms with Crippen LogP contribution in [0, 0.1) is 17.6 Å². The predicted molar refractivity (Wildman–Crippen MR) is 68.1 cm³/mol. The van der Waals surface area contributed by atoms with Crippen molar-refractivity contribution in [1.82, 2.24) is 4.90 Å². The molecule has 0 aromatic heterocycles. The average molecular weight is 254 g/mol. The molecule has 1 saturated heterocycles. The van der Waals surface area contributed by atoms with Crippen molar-refractivity contribution in [2.45, 2.75) is 25.8 Å². The predicted octanol–water partition coefficient (Wildman–Crippen LogP) is 2.70. The third-order valence-electron chi connectivity index (χ3n) is 3.94. The normalized spacial score (nSPS) is 20.0. The Hall–Kier alpha value is -1.00. The standard InChI is InChI=1S/C14H20F2N2/c1-10(13-8-12(15)2-3-14(13)16)18-6-4-11(9-17)5-7-18/h2-3,8,10-11H,4-7,9,17H2,1H3. The highest BCUT2D eigenvalue weighted by Gasteiger charge is 2.24. The number of hydrogen-bond acceptors (Lipinski definition) is 2. The fourth-order valence-electron chi connectivity index (χ4n) is 2.61.